The first-order chi connectivity index (χ1) is 13.7. The van der Waals surface area contributed by atoms with Crippen molar-refractivity contribution in [2.75, 3.05) is 0 Å². The summed E-state index contributed by atoms with van der Waals surface area (Å²) in [5, 5.41) is 10.2. The number of rotatable bonds is 3. The van der Waals surface area contributed by atoms with Gasteiger partial charge in [-0.05, 0) is 51.4 Å². The normalized spacial score (nSPS) is 11.7. The number of hydrogen-bond donors (Lipinski definition) is 1. The van der Waals surface area contributed by atoms with E-state index in [0.717, 1.165) is 38.9 Å². The lowest BCUT2D eigenvalue weighted by Gasteiger charge is -2.18. The third kappa shape index (κ3) is 2.54. The minimum Gasteiger partial charge on any atom is -0.478 e. The molecular weight excluding hydrogens is 344 g/mol. The first-order valence-electron chi connectivity index (χ1n) is 9.36. The molecule has 2 heteroatoms. The van der Waals surface area contributed by atoms with Gasteiger partial charge in [0.1, 0.15) is 0 Å². The molecule has 5 rings (SSSR count). The maximum Gasteiger partial charge on any atom is 0.336 e. The second kappa shape index (κ2) is 6.50. The highest BCUT2D eigenvalue weighted by Crippen LogP contribution is 2.46. The van der Waals surface area contributed by atoms with Crippen LogP contribution in [0.5, 0.6) is 0 Å². The van der Waals surface area contributed by atoms with Gasteiger partial charge in [-0.3, -0.25) is 0 Å². The molecule has 0 atom stereocenters. The fourth-order valence-corrected chi connectivity index (χ4v) is 4.26. The van der Waals surface area contributed by atoms with Crippen molar-refractivity contribution in [3.63, 3.8) is 0 Å². The van der Waals surface area contributed by atoms with Crippen LogP contribution >= 0.6 is 0 Å². The molecule has 4 aromatic rings. The molecule has 0 aromatic heterocycles. The van der Waals surface area contributed by atoms with Crippen molar-refractivity contribution in [2.45, 2.75) is 6.42 Å². The molecule has 1 N–H and O–H groups in total. The molecule has 0 spiro atoms. The zero-order valence-electron chi connectivity index (χ0n) is 15.2. The molecule has 1 aliphatic carbocycles. The van der Waals surface area contributed by atoms with E-state index in [4.69, 9.17) is 0 Å². The molecule has 134 valence electrons. The van der Waals surface area contributed by atoms with Gasteiger partial charge in [0, 0.05) is 5.56 Å². The summed E-state index contributed by atoms with van der Waals surface area (Å²) in [5.74, 6) is -0.874. The van der Waals surface area contributed by atoms with Crippen LogP contribution in [-0.2, 0) is 6.42 Å². The SMILES string of the molecule is O=C(O)c1c2c(cc(-c3ccccc3)c1-c1ccccc1)-c1ccccc1C2. The summed E-state index contributed by atoms with van der Waals surface area (Å²) in [6.07, 6.45) is 0.655. The highest BCUT2D eigenvalue weighted by atomic mass is 16.4. The smallest absolute Gasteiger partial charge is 0.336 e. The van der Waals surface area contributed by atoms with E-state index in [2.05, 4.69) is 18.2 Å². The van der Waals surface area contributed by atoms with E-state index in [1.54, 1.807) is 0 Å². The van der Waals surface area contributed by atoms with E-state index in [-0.39, 0.29) is 0 Å². The lowest BCUT2D eigenvalue weighted by Crippen LogP contribution is -2.06. The molecule has 4 aromatic carbocycles. The third-order valence-electron chi connectivity index (χ3n) is 5.47. The maximum absolute atomic E-state index is 12.5. The predicted molar refractivity (Wildman–Crippen MR) is 113 cm³/mol. The van der Waals surface area contributed by atoms with E-state index in [0.29, 0.717) is 12.0 Å². The molecule has 0 saturated heterocycles. The van der Waals surface area contributed by atoms with Gasteiger partial charge in [-0.1, -0.05) is 84.9 Å². The maximum atomic E-state index is 12.5. The summed E-state index contributed by atoms with van der Waals surface area (Å²) in [4.78, 5) is 12.5. The molecule has 0 saturated carbocycles. The van der Waals surface area contributed by atoms with E-state index in [1.807, 2.05) is 72.8 Å². The first-order valence-corrected chi connectivity index (χ1v) is 9.36. The Morgan fingerprint density at radius 3 is 1.96 bits per heavy atom. The fourth-order valence-electron chi connectivity index (χ4n) is 4.26. The Morgan fingerprint density at radius 2 is 1.29 bits per heavy atom. The number of benzene rings is 4. The van der Waals surface area contributed by atoms with Crippen molar-refractivity contribution in [1.29, 1.82) is 0 Å². The van der Waals surface area contributed by atoms with Crippen LogP contribution in [0.3, 0.4) is 0 Å². The summed E-state index contributed by atoms with van der Waals surface area (Å²) >= 11 is 0. The van der Waals surface area contributed by atoms with Gasteiger partial charge in [0.05, 0.1) is 5.56 Å². The molecule has 28 heavy (non-hydrogen) atoms. The van der Waals surface area contributed by atoms with Crippen molar-refractivity contribution < 1.29 is 9.90 Å². The van der Waals surface area contributed by atoms with Gasteiger partial charge in [-0.2, -0.15) is 0 Å². The van der Waals surface area contributed by atoms with Crippen LogP contribution in [0.2, 0.25) is 0 Å². The van der Waals surface area contributed by atoms with Crippen LogP contribution in [-0.4, -0.2) is 11.1 Å². The molecule has 2 nitrogen and oxygen atoms in total. The zero-order valence-corrected chi connectivity index (χ0v) is 15.2. The fraction of sp³-hybridized carbons (Fsp3) is 0.0385. The van der Waals surface area contributed by atoms with Crippen molar-refractivity contribution in [3.05, 3.63) is 108 Å². The van der Waals surface area contributed by atoms with Gasteiger partial charge in [-0.15, -0.1) is 0 Å². The zero-order chi connectivity index (χ0) is 19.1. The summed E-state index contributed by atoms with van der Waals surface area (Å²) < 4.78 is 0. The van der Waals surface area contributed by atoms with Crippen molar-refractivity contribution in [2.24, 2.45) is 0 Å². The lowest BCUT2D eigenvalue weighted by atomic mass is 9.85. The van der Waals surface area contributed by atoms with E-state index >= 15 is 0 Å². The minimum atomic E-state index is -0.874. The highest BCUT2D eigenvalue weighted by Gasteiger charge is 2.29. The first kappa shape index (κ1) is 16.5. The largest absolute Gasteiger partial charge is 0.478 e. The number of fused-ring (bicyclic) bond motifs is 3. The van der Waals surface area contributed by atoms with E-state index in [1.165, 1.54) is 5.56 Å². The number of aromatic carboxylic acids is 1. The standard InChI is InChI=1S/C26H18O2/c27-26(28)25-23-15-19-13-7-8-14-20(19)22(23)16-21(17-9-3-1-4-10-17)24(25)18-11-5-2-6-12-18/h1-14,16H,15H2,(H,27,28). The number of carboxylic acid groups (broad SMARTS) is 1. The average molecular weight is 362 g/mol. The van der Waals surface area contributed by atoms with Crippen LogP contribution in [0.15, 0.2) is 91.0 Å². The summed E-state index contributed by atoms with van der Waals surface area (Å²) in [6.45, 7) is 0. The molecule has 0 heterocycles. The molecule has 0 fully saturated rings. The Labute approximate surface area is 163 Å². The lowest BCUT2D eigenvalue weighted by molar-refractivity contribution is 0.0697. The van der Waals surface area contributed by atoms with E-state index < -0.39 is 5.97 Å². The topological polar surface area (TPSA) is 37.3 Å². The molecule has 1 aliphatic rings. The number of carbonyl (C=O) groups is 1. The summed E-state index contributed by atoms with van der Waals surface area (Å²) in [7, 11) is 0. The van der Waals surface area contributed by atoms with Gasteiger partial charge >= 0.3 is 5.97 Å². The summed E-state index contributed by atoms with van der Waals surface area (Å²) in [5.41, 5.74) is 8.39. The quantitative estimate of drug-likeness (QED) is 0.409. The Morgan fingerprint density at radius 1 is 0.679 bits per heavy atom. The Hall–Kier alpha value is -3.65. The van der Waals surface area contributed by atoms with Crippen LogP contribution in [0.25, 0.3) is 33.4 Å². The molecule has 0 bridgehead atoms. The van der Waals surface area contributed by atoms with Crippen LogP contribution in [0, 0.1) is 0 Å². The van der Waals surface area contributed by atoms with Crippen molar-refractivity contribution in [3.8, 4) is 33.4 Å². The van der Waals surface area contributed by atoms with Gasteiger partial charge in [-0.25, -0.2) is 4.79 Å². The number of hydrogen-bond acceptors (Lipinski definition) is 1. The van der Waals surface area contributed by atoms with Gasteiger partial charge < -0.3 is 5.11 Å². The van der Waals surface area contributed by atoms with Crippen LogP contribution < -0.4 is 0 Å². The summed E-state index contributed by atoms with van der Waals surface area (Å²) in [6, 6.07) is 30.3. The van der Waals surface area contributed by atoms with Gasteiger partial charge in [0.15, 0.2) is 0 Å². The second-order valence-electron chi connectivity index (χ2n) is 7.07. The van der Waals surface area contributed by atoms with Crippen LogP contribution in [0.4, 0.5) is 0 Å². The van der Waals surface area contributed by atoms with Crippen molar-refractivity contribution in [1.82, 2.24) is 0 Å². The monoisotopic (exact) mass is 362 g/mol. The average Bonchev–Trinajstić information content (AvgIpc) is 3.11. The van der Waals surface area contributed by atoms with Gasteiger partial charge in [0.2, 0.25) is 0 Å². The van der Waals surface area contributed by atoms with E-state index in [9.17, 15) is 9.90 Å². The molecule has 0 amide bonds. The number of carboxylic acids is 1. The Kier molecular flexibility index (Phi) is 3.84. The predicted octanol–water partition coefficient (Wildman–Crippen LogP) is 6.29. The Bertz CT molecular complexity index is 1190. The highest BCUT2D eigenvalue weighted by molar-refractivity contribution is 6.06. The molecular formula is C26H18O2. The molecule has 0 radical (unpaired) electrons. The second-order valence-corrected chi connectivity index (χ2v) is 7.07. The molecule has 0 unspecified atom stereocenters. The Balaban J connectivity index is 1.91. The van der Waals surface area contributed by atoms with Crippen LogP contribution in [0.1, 0.15) is 21.5 Å². The minimum absolute atomic E-state index is 0.416. The van der Waals surface area contributed by atoms with Crippen molar-refractivity contribution >= 4 is 5.97 Å². The van der Waals surface area contributed by atoms with Gasteiger partial charge in [0.25, 0.3) is 0 Å². The third-order valence-corrected chi connectivity index (χ3v) is 5.47. The molecule has 0 aliphatic heterocycles.